The SMILES string of the molecule is N#CC(F)(F)C1CCCS(=O)(=O)C1. The summed E-state index contributed by atoms with van der Waals surface area (Å²) in [5.74, 6) is -5.43. The third-order valence-electron chi connectivity index (χ3n) is 2.12. The van der Waals surface area contributed by atoms with Gasteiger partial charge in [0.15, 0.2) is 9.84 Å². The fourth-order valence-electron chi connectivity index (χ4n) is 1.40. The molecule has 0 aromatic carbocycles. The molecule has 1 fully saturated rings. The molecule has 0 saturated carbocycles. The van der Waals surface area contributed by atoms with Crippen molar-refractivity contribution in [2.75, 3.05) is 11.5 Å². The molecular formula is C7H9F2NO2S. The van der Waals surface area contributed by atoms with Crippen molar-refractivity contribution in [3.05, 3.63) is 0 Å². The summed E-state index contributed by atoms with van der Waals surface area (Å²) in [5.41, 5.74) is 0. The van der Waals surface area contributed by atoms with Gasteiger partial charge in [-0.3, -0.25) is 0 Å². The Balaban J connectivity index is 2.80. The van der Waals surface area contributed by atoms with Crippen LogP contribution in [0, 0.1) is 17.2 Å². The van der Waals surface area contributed by atoms with E-state index in [1.54, 1.807) is 0 Å². The number of halogens is 2. The first-order valence-corrected chi connectivity index (χ1v) is 5.69. The minimum Gasteiger partial charge on any atom is -0.229 e. The van der Waals surface area contributed by atoms with E-state index >= 15 is 0 Å². The van der Waals surface area contributed by atoms with Crippen LogP contribution in [-0.2, 0) is 9.84 Å². The number of nitrogens with zero attached hydrogens (tertiary/aromatic N) is 1. The molecule has 1 saturated heterocycles. The van der Waals surface area contributed by atoms with Gasteiger partial charge in [-0.1, -0.05) is 0 Å². The fraction of sp³-hybridized carbons (Fsp3) is 0.857. The van der Waals surface area contributed by atoms with Crippen LogP contribution in [0.2, 0.25) is 0 Å². The molecule has 1 rings (SSSR count). The third-order valence-corrected chi connectivity index (χ3v) is 3.95. The largest absolute Gasteiger partial charge is 0.335 e. The van der Waals surface area contributed by atoms with E-state index in [1.165, 1.54) is 0 Å². The maximum atomic E-state index is 12.8. The van der Waals surface area contributed by atoms with Gasteiger partial charge in [0.2, 0.25) is 0 Å². The molecule has 1 heterocycles. The Kier molecular flexibility index (Phi) is 2.57. The van der Waals surface area contributed by atoms with Gasteiger partial charge in [0.25, 0.3) is 0 Å². The van der Waals surface area contributed by atoms with E-state index in [1.807, 2.05) is 0 Å². The van der Waals surface area contributed by atoms with E-state index in [-0.39, 0.29) is 18.6 Å². The molecule has 1 aliphatic heterocycles. The van der Waals surface area contributed by atoms with Crippen molar-refractivity contribution in [2.24, 2.45) is 5.92 Å². The number of nitriles is 1. The second-order valence-electron chi connectivity index (χ2n) is 3.19. The summed E-state index contributed by atoms with van der Waals surface area (Å²) in [6, 6.07) is 0.851. The van der Waals surface area contributed by atoms with Gasteiger partial charge in [-0.2, -0.15) is 14.0 Å². The van der Waals surface area contributed by atoms with Gasteiger partial charge in [0.05, 0.1) is 17.4 Å². The normalized spacial score (nSPS) is 27.9. The van der Waals surface area contributed by atoms with Crippen LogP contribution in [0.1, 0.15) is 12.8 Å². The average Bonchev–Trinajstić information content (AvgIpc) is 2.03. The van der Waals surface area contributed by atoms with Crippen molar-refractivity contribution in [3.63, 3.8) is 0 Å². The van der Waals surface area contributed by atoms with Crippen LogP contribution in [0.5, 0.6) is 0 Å². The second-order valence-corrected chi connectivity index (χ2v) is 5.42. The molecule has 1 atom stereocenters. The van der Waals surface area contributed by atoms with Gasteiger partial charge in [0, 0.05) is 0 Å². The first-order chi connectivity index (χ1) is 5.87. The van der Waals surface area contributed by atoms with Crippen molar-refractivity contribution in [1.82, 2.24) is 0 Å². The smallest absolute Gasteiger partial charge is 0.229 e. The van der Waals surface area contributed by atoms with Crippen molar-refractivity contribution >= 4 is 9.84 Å². The molecule has 0 N–H and O–H groups in total. The lowest BCUT2D eigenvalue weighted by atomic mass is 9.99. The third kappa shape index (κ3) is 2.37. The minimum atomic E-state index is -3.51. The van der Waals surface area contributed by atoms with Crippen molar-refractivity contribution in [1.29, 1.82) is 5.26 Å². The zero-order valence-electron chi connectivity index (χ0n) is 6.83. The van der Waals surface area contributed by atoms with Crippen LogP contribution < -0.4 is 0 Å². The molecule has 0 aromatic heterocycles. The molecule has 74 valence electrons. The second kappa shape index (κ2) is 3.22. The summed E-state index contributed by atoms with van der Waals surface area (Å²) in [4.78, 5) is 0. The average molecular weight is 209 g/mol. The molecule has 0 radical (unpaired) electrons. The van der Waals surface area contributed by atoms with Gasteiger partial charge < -0.3 is 0 Å². The van der Waals surface area contributed by atoms with Crippen LogP contribution in [0.25, 0.3) is 0 Å². The summed E-state index contributed by atoms with van der Waals surface area (Å²) in [6.45, 7) is 0. The van der Waals surface area contributed by atoms with E-state index in [0.717, 1.165) is 6.07 Å². The molecule has 1 aliphatic rings. The Bertz CT molecular complexity index is 331. The first kappa shape index (κ1) is 10.4. The molecule has 6 heteroatoms. The monoisotopic (exact) mass is 209 g/mol. The Morgan fingerprint density at radius 3 is 2.54 bits per heavy atom. The summed E-state index contributed by atoms with van der Waals surface area (Å²) < 4.78 is 47.5. The Morgan fingerprint density at radius 2 is 2.08 bits per heavy atom. The highest BCUT2D eigenvalue weighted by Gasteiger charge is 2.43. The zero-order chi connectivity index (χ0) is 10.1. The molecule has 0 amide bonds. The number of sulfone groups is 1. The van der Waals surface area contributed by atoms with Crippen LogP contribution in [-0.4, -0.2) is 25.8 Å². The lowest BCUT2D eigenvalue weighted by Crippen LogP contribution is -2.36. The maximum absolute atomic E-state index is 12.8. The highest BCUT2D eigenvalue weighted by Crippen LogP contribution is 2.32. The quantitative estimate of drug-likeness (QED) is 0.646. The van der Waals surface area contributed by atoms with E-state index in [2.05, 4.69) is 0 Å². The van der Waals surface area contributed by atoms with E-state index < -0.39 is 27.4 Å². The Hall–Kier alpha value is -0.700. The molecule has 0 spiro atoms. The van der Waals surface area contributed by atoms with Crippen molar-refractivity contribution in [2.45, 2.75) is 18.8 Å². The van der Waals surface area contributed by atoms with Gasteiger partial charge in [-0.25, -0.2) is 8.42 Å². The lowest BCUT2D eigenvalue weighted by Gasteiger charge is -2.24. The van der Waals surface area contributed by atoms with Crippen molar-refractivity contribution in [3.8, 4) is 6.07 Å². The standard InChI is InChI=1S/C7H9F2NO2S/c8-7(9,5-10)6-2-1-3-13(11,12)4-6/h6H,1-4H2. The molecule has 3 nitrogen and oxygen atoms in total. The number of alkyl halides is 2. The van der Waals surface area contributed by atoms with Crippen LogP contribution in [0.3, 0.4) is 0 Å². The van der Waals surface area contributed by atoms with Gasteiger partial charge in [-0.15, -0.1) is 0 Å². The van der Waals surface area contributed by atoms with Gasteiger partial charge in [0.1, 0.15) is 6.07 Å². The van der Waals surface area contributed by atoms with Crippen LogP contribution in [0.15, 0.2) is 0 Å². The molecule has 0 aromatic rings. The molecule has 1 unspecified atom stereocenters. The van der Waals surface area contributed by atoms with Gasteiger partial charge in [-0.05, 0) is 12.8 Å². The van der Waals surface area contributed by atoms with Crippen LogP contribution in [0.4, 0.5) is 8.78 Å². The number of hydrogen-bond acceptors (Lipinski definition) is 3. The summed E-state index contributed by atoms with van der Waals surface area (Å²) in [5, 5.41) is 8.12. The fourth-order valence-corrected chi connectivity index (χ4v) is 3.16. The van der Waals surface area contributed by atoms with Crippen molar-refractivity contribution < 1.29 is 17.2 Å². The molecular weight excluding hydrogens is 200 g/mol. The Morgan fingerprint density at radius 1 is 1.46 bits per heavy atom. The highest BCUT2D eigenvalue weighted by atomic mass is 32.2. The van der Waals surface area contributed by atoms with E-state index in [0.29, 0.717) is 0 Å². The Labute approximate surface area is 75.3 Å². The summed E-state index contributed by atoms with van der Waals surface area (Å²) >= 11 is 0. The zero-order valence-corrected chi connectivity index (χ0v) is 7.65. The topological polar surface area (TPSA) is 57.9 Å². The number of rotatable bonds is 1. The summed E-state index contributed by atoms with van der Waals surface area (Å²) in [6.07, 6.45) is 0.337. The first-order valence-electron chi connectivity index (χ1n) is 3.87. The maximum Gasteiger partial charge on any atom is 0.335 e. The predicted octanol–water partition coefficient (Wildman–Crippen LogP) is 0.970. The summed E-state index contributed by atoms with van der Waals surface area (Å²) in [7, 11) is -3.36. The highest BCUT2D eigenvalue weighted by molar-refractivity contribution is 7.91. The number of hydrogen-bond donors (Lipinski definition) is 0. The van der Waals surface area contributed by atoms with E-state index in [9.17, 15) is 17.2 Å². The van der Waals surface area contributed by atoms with E-state index in [4.69, 9.17) is 5.26 Å². The minimum absolute atomic E-state index is 0.0367. The predicted molar refractivity (Wildman–Crippen MR) is 41.9 cm³/mol. The van der Waals surface area contributed by atoms with Gasteiger partial charge >= 0.3 is 5.92 Å². The van der Waals surface area contributed by atoms with Crippen LogP contribution >= 0.6 is 0 Å². The molecule has 0 bridgehead atoms. The molecule has 13 heavy (non-hydrogen) atoms. The molecule has 0 aliphatic carbocycles. The lowest BCUT2D eigenvalue weighted by molar-refractivity contribution is 0.00314.